The number of anilines is 1. The van der Waals surface area contributed by atoms with E-state index < -0.39 is 45.2 Å². The van der Waals surface area contributed by atoms with Gasteiger partial charge in [-0.25, -0.2) is 13.7 Å². The third-order valence-corrected chi connectivity index (χ3v) is 5.80. The zero-order chi connectivity index (χ0) is 24.3. The lowest BCUT2D eigenvalue weighted by Gasteiger charge is -2.27. The highest BCUT2D eigenvalue weighted by molar-refractivity contribution is 7.84. The second-order valence-corrected chi connectivity index (χ2v) is 11.3. The van der Waals surface area contributed by atoms with Crippen LogP contribution in [0, 0.1) is 0 Å². The molecule has 0 radical (unpaired) electrons. The van der Waals surface area contributed by atoms with Gasteiger partial charge in [0, 0.05) is 5.69 Å². The summed E-state index contributed by atoms with van der Waals surface area (Å²) in [4.78, 5) is 12.4. The van der Waals surface area contributed by atoms with Gasteiger partial charge in [-0.05, 0) is 70.9 Å². The van der Waals surface area contributed by atoms with E-state index in [1.807, 2.05) is 0 Å². The zero-order valence-corrected chi connectivity index (χ0v) is 19.8. The topological polar surface area (TPSA) is 67.4 Å². The van der Waals surface area contributed by atoms with Crippen LogP contribution in [-0.2, 0) is 21.9 Å². The van der Waals surface area contributed by atoms with Crippen LogP contribution in [0.4, 0.5) is 23.7 Å². The molecule has 2 unspecified atom stereocenters. The fourth-order valence-electron chi connectivity index (χ4n) is 2.75. The summed E-state index contributed by atoms with van der Waals surface area (Å²) < 4.78 is 61.0. The number of benzene rings is 2. The normalized spacial score (nSPS) is 14.5. The number of carbonyl (C=O) groups excluding carboxylic acids is 1. The van der Waals surface area contributed by atoms with Gasteiger partial charge in [-0.15, -0.1) is 0 Å². The lowest BCUT2D eigenvalue weighted by molar-refractivity contribution is -0.137. The van der Waals surface area contributed by atoms with Gasteiger partial charge in [-0.2, -0.15) is 13.2 Å². The van der Waals surface area contributed by atoms with E-state index in [0.29, 0.717) is 5.56 Å². The molecular weight excluding hydrogens is 441 g/mol. The number of halogens is 3. The summed E-state index contributed by atoms with van der Waals surface area (Å²) in [6.07, 6.45) is -5.40. The first-order chi connectivity index (χ1) is 14.6. The summed E-state index contributed by atoms with van der Waals surface area (Å²) >= 11 is 0. The molecule has 9 heteroatoms. The first kappa shape index (κ1) is 25.9. The summed E-state index contributed by atoms with van der Waals surface area (Å²) in [5.41, 5.74) is -0.835. The quantitative estimate of drug-likeness (QED) is 0.547. The minimum absolute atomic E-state index is 0.120. The van der Waals surface area contributed by atoms with E-state index in [-0.39, 0.29) is 11.3 Å². The number of amides is 1. The maximum absolute atomic E-state index is 13.5. The van der Waals surface area contributed by atoms with Crippen LogP contribution < -0.4 is 10.0 Å². The molecule has 2 aromatic rings. The molecule has 2 rings (SSSR count). The zero-order valence-electron chi connectivity index (χ0n) is 19.0. The van der Waals surface area contributed by atoms with E-state index in [1.165, 1.54) is 6.07 Å². The van der Waals surface area contributed by atoms with E-state index in [4.69, 9.17) is 4.74 Å². The molecule has 176 valence electrons. The van der Waals surface area contributed by atoms with Crippen molar-refractivity contribution >= 4 is 22.8 Å². The van der Waals surface area contributed by atoms with Crippen molar-refractivity contribution in [3.05, 3.63) is 65.2 Å². The molecule has 2 aromatic carbocycles. The van der Waals surface area contributed by atoms with E-state index in [9.17, 15) is 22.2 Å². The number of nitrogens with one attached hydrogen (secondary N) is 2. The number of hydrogen-bond acceptors (Lipinski definition) is 3. The van der Waals surface area contributed by atoms with Crippen LogP contribution in [0.15, 0.2) is 48.5 Å². The third kappa shape index (κ3) is 7.34. The van der Waals surface area contributed by atoms with Crippen molar-refractivity contribution in [1.82, 2.24) is 4.72 Å². The third-order valence-electron chi connectivity index (χ3n) is 4.24. The van der Waals surface area contributed by atoms with Crippen LogP contribution in [-0.4, -0.2) is 20.7 Å². The number of carbonyl (C=O) groups is 1. The minimum Gasteiger partial charge on any atom is -0.444 e. The highest BCUT2D eigenvalue weighted by Gasteiger charge is 2.33. The van der Waals surface area contributed by atoms with E-state index in [2.05, 4.69) is 10.0 Å². The van der Waals surface area contributed by atoms with E-state index in [0.717, 1.165) is 12.1 Å². The lowest BCUT2D eigenvalue weighted by Crippen LogP contribution is -2.36. The van der Waals surface area contributed by atoms with Gasteiger partial charge >= 0.3 is 12.3 Å². The Morgan fingerprint density at radius 1 is 0.969 bits per heavy atom. The molecule has 0 bridgehead atoms. The molecule has 0 spiro atoms. The molecule has 5 nitrogen and oxygen atoms in total. The fraction of sp³-hybridized carbons (Fsp3) is 0.435. The number of rotatable bonds is 5. The van der Waals surface area contributed by atoms with Crippen LogP contribution in [0.25, 0.3) is 0 Å². The van der Waals surface area contributed by atoms with Gasteiger partial charge in [0.2, 0.25) is 0 Å². The Hall–Kier alpha value is -2.39. The molecule has 2 N–H and O–H groups in total. The standard InChI is InChI=1S/C23H29F3N2O3S/c1-21(2,3)31-20(29)27-18-13-12-16(23(24,25)26)14-17(18)19(15-10-8-7-9-11-15)28-32(30)22(4,5)6/h7-14,19,28H,1-6H3,(H,27,29). The molecule has 0 fully saturated rings. The summed E-state index contributed by atoms with van der Waals surface area (Å²) in [5, 5.41) is 2.54. The van der Waals surface area contributed by atoms with Crippen molar-refractivity contribution in [3.8, 4) is 0 Å². The average molecular weight is 471 g/mol. The number of alkyl halides is 3. The van der Waals surface area contributed by atoms with E-state index in [1.54, 1.807) is 71.9 Å². The lowest BCUT2D eigenvalue weighted by atomic mass is 9.96. The Morgan fingerprint density at radius 2 is 1.56 bits per heavy atom. The van der Waals surface area contributed by atoms with Crippen molar-refractivity contribution in [1.29, 1.82) is 0 Å². The number of hydrogen-bond donors (Lipinski definition) is 2. The van der Waals surface area contributed by atoms with Crippen LogP contribution in [0.3, 0.4) is 0 Å². The Labute approximate surface area is 189 Å². The molecule has 32 heavy (non-hydrogen) atoms. The van der Waals surface area contributed by atoms with Gasteiger partial charge in [0.05, 0.1) is 27.3 Å². The van der Waals surface area contributed by atoms with Gasteiger partial charge < -0.3 is 4.74 Å². The van der Waals surface area contributed by atoms with Gasteiger partial charge in [0.15, 0.2) is 0 Å². The first-order valence-electron chi connectivity index (χ1n) is 10.0. The van der Waals surface area contributed by atoms with Crippen LogP contribution in [0.5, 0.6) is 0 Å². The molecule has 2 atom stereocenters. The molecule has 1 amide bonds. The summed E-state index contributed by atoms with van der Waals surface area (Å²) in [7, 11) is -1.61. The van der Waals surface area contributed by atoms with Gasteiger partial charge in [0.1, 0.15) is 5.60 Å². The monoisotopic (exact) mass is 470 g/mol. The fourth-order valence-corrected chi connectivity index (χ4v) is 3.58. The van der Waals surface area contributed by atoms with Crippen molar-refractivity contribution in [3.63, 3.8) is 0 Å². The Balaban J connectivity index is 2.62. The van der Waals surface area contributed by atoms with Crippen molar-refractivity contribution in [2.75, 3.05) is 5.32 Å². The van der Waals surface area contributed by atoms with Crippen LogP contribution in [0.1, 0.15) is 64.3 Å². The second-order valence-electron chi connectivity index (χ2n) is 9.27. The Bertz CT molecular complexity index is 965. The SMILES string of the molecule is CC(C)(C)OC(=O)Nc1ccc(C(F)(F)F)cc1C(NS(=O)C(C)(C)C)c1ccccc1. The largest absolute Gasteiger partial charge is 0.444 e. The Kier molecular flexibility index (Phi) is 7.78. The predicted molar refractivity (Wildman–Crippen MR) is 121 cm³/mol. The summed E-state index contributed by atoms with van der Waals surface area (Å²) in [6.45, 7) is 10.3. The van der Waals surface area contributed by atoms with Gasteiger partial charge in [-0.1, -0.05) is 30.3 Å². The summed E-state index contributed by atoms with van der Waals surface area (Å²) in [6, 6.07) is 10.8. The first-order valence-corrected chi connectivity index (χ1v) is 11.2. The van der Waals surface area contributed by atoms with Crippen molar-refractivity contribution < 1.29 is 26.9 Å². The molecule has 0 saturated carbocycles. The minimum atomic E-state index is -4.59. The summed E-state index contributed by atoms with van der Waals surface area (Å²) in [5.74, 6) is 0. The van der Waals surface area contributed by atoms with Gasteiger partial charge in [0.25, 0.3) is 0 Å². The van der Waals surface area contributed by atoms with Crippen molar-refractivity contribution in [2.24, 2.45) is 0 Å². The van der Waals surface area contributed by atoms with Crippen molar-refractivity contribution in [2.45, 2.75) is 64.1 Å². The molecule has 0 heterocycles. The Morgan fingerprint density at radius 3 is 2.06 bits per heavy atom. The maximum atomic E-state index is 13.5. The second kappa shape index (κ2) is 9.62. The molecule has 0 saturated heterocycles. The van der Waals surface area contributed by atoms with Gasteiger partial charge in [-0.3, -0.25) is 5.32 Å². The predicted octanol–water partition coefficient (Wildman–Crippen LogP) is 6.19. The highest BCUT2D eigenvalue weighted by atomic mass is 32.2. The van der Waals surface area contributed by atoms with Crippen LogP contribution >= 0.6 is 0 Å². The smallest absolute Gasteiger partial charge is 0.416 e. The molecule has 0 aliphatic carbocycles. The van der Waals surface area contributed by atoms with E-state index >= 15 is 0 Å². The maximum Gasteiger partial charge on any atom is 0.416 e. The van der Waals surface area contributed by atoms with Crippen LogP contribution in [0.2, 0.25) is 0 Å². The molecular formula is C23H29F3N2O3S. The number of ether oxygens (including phenoxy) is 1. The average Bonchev–Trinajstić information content (AvgIpc) is 2.64. The molecule has 0 aromatic heterocycles. The molecule has 0 aliphatic rings. The molecule has 0 aliphatic heterocycles. The highest BCUT2D eigenvalue weighted by Crippen LogP contribution is 2.36.